The Kier molecular flexibility index (Phi) is 2.98. The number of hydrogen-bond acceptors (Lipinski definition) is 7. The summed E-state index contributed by atoms with van der Waals surface area (Å²) < 4.78 is 8.95. The van der Waals surface area contributed by atoms with Gasteiger partial charge in [0.05, 0.1) is 5.52 Å². The van der Waals surface area contributed by atoms with Gasteiger partial charge in [0, 0.05) is 13.2 Å². The third kappa shape index (κ3) is 2.03. The quantitative estimate of drug-likeness (QED) is 0.555. The van der Waals surface area contributed by atoms with Crippen LogP contribution in [0.4, 0.5) is 0 Å². The van der Waals surface area contributed by atoms with E-state index in [9.17, 15) is 9.59 Å². The number of aryl methyl sites for hydroxylation is 1. The van der Waals surface area contributed by atoms with Gasteiger partial charge in [-0.3, -0.25) is 18.9 Å². The predicted molar refractivity (Wildman–Crippen MR) is 81.3 cm³/mol. The van der Waals surface area contributed by atoms with Crippen molar-refractivity contribution in [1.29, 1.82) is 0 Å². The Morgan fingerprint density at radius 1 is 1.39 bits per heavy atom. The van der Waals surface area contributed by atoms with Crippen LogP contribution in [0.2, 0.25) is 0 Å². The lowest BCUT2D eigenvalue weighted by Crippen LogP contribution is -2.19. The van der Waals surface area contributed by atoms with Crippen LogP contribution in [0.3, 0.4) is 0 Å². The molecule has 0 radical (unpaired) electrons. The molecule has 0 unspecified atom stereocenters. The molecule has 10 heteroatoms. The SMILES string of the molecule is Cn1c(=O)c2sccc2n2c(COC(=O)c3ccn[nH]3)nnc12. The van der Waals surface area contributed by atoms with Crippen LogP contribution >= 0.6 is 11.3 Å². The maximum atomic E-state index is 12.2. The van der Waals surface area contributed by atoms with Crippen LogP contribution in [0.1, 0.15) is 16.3 Å². The molecule has 116 valence electrons. The fourth-order valence-electron chi connectivity index (χ4n) is 2.32. The highest BCUT2D eigenvalue weighted by Gasteiger charge is 2.17. The van der Waals surface area contributed by atoms with Gasteiger partial charge in [0.1, 0.15) is 10.4 Å². The first-order valence-electron chi connectivity index (χ1n) is 6.63. The van der Waals surface area contributed by atoms with Crippen molar-refractivity contribution in [3.8, 4) is 0 Å². The van der Waals surface area contributed by atoms with Crippen LogP contribution in [0.15, 0.2) is 28.5 Å². The van der Waals surface area contributed by atoms with Crippen molar-refractivity contribution >= 4 is 33.3 Å². The Hall–Kier alpha value is -3.01. The standard InChI is InChI=1S/C13H10N6O3S/c1-18-11(20)10-8(3-5-23-10)19-9(16-17-13(18)19)6-22-12(21)7-2-4-14-15-7/h2-5H,6H2,1H3,(H,14,15). The second kappa shape index (κ2) is 5.02. The molecule has 0 atom stereocenters. The highest BCUT2D eigenvalue weighted by Crippen LogP contribution is 2.19. The molecule has 0 bridgehead atoms. The molecule has 4 aromatic heterocycles. The summed E-state index contributed by atoms with van der Waals surface area (Å²) in [7, 11) is 1.63. The van der Waals surface area contributed by atoms with Gasteiger partial charge in [0.2, 0.25) is 5.78 Å². The summed E-state index contributed by atoms with van der Waals surface area (Å²) in [4.78, 5) is 24.1. The maximum Gasteiger partial charge on any atom is 0.356 e. The molecule has 9 nitrogen and oxygen atoms in total. The number of thiophene rings is 1. The van der Waals surface area contributed by atoms with E-state index in [4.69, 9.17) is 4.74 Å². The molecule has 0 aromatic carbocycles. The molecule has 4 rings (SSSR count). The normalized spacial score (nSPS) is 11.3. The maximum absolute atomic E-state index is 12.2. The molecule has 1 N–H and O–H groups in total. The van der Waals surface area contributed by atoms with Gasteiger partial charge in [-0.2, -0.15) is 5.10 Å². The van der Waals surface area contributed by atoms with E-state index in [1.807, 2.05) is 11.4 Å². The molecular formula is C13H10N6O3S. The minimum atomic E-state index is -0.536. The summed E-state index contributed by atoms with van der Waals surface area (Å²) in [5.41, 5.74) is 0.827. The van der Waals surface area contributed by atoms with Crippen LogP contribution in [-0.4, -0.2) is 35.3 Å². The van der Waals surface area contributed by atoms with Crippen molar-refractivity contribution in [3.05, 3.63) is 45.6 Å². The van der Waals surface area contributed by atoms with E-state index in [2.05, 4.69) is 20.4 Å². The molecule has 0 saturated carbocycles. The van der Waals surface area contributed by atoms with E-state index >= 15 is 0 Å². The summed E-state index contributed by atoms with van der Waals surface area (Å²) >= 11 is 1.35. The van der Waals surface area contributed by atoms with Crippen molar-refractivity contribution < 1.29 is 9.53 Å². The second-order valence-electron chi connectivity index (χ2n) is 4.80. The molecule has 0 aliphatic carbocycles. The lowest BCUT2D eigenvalue weighted by Gasteiger charge is -2.05. The number of ether oxygens (including phenoxy) is 1. The lowest BCUT2D eigenvalue weighted by atomic mass is 10.4. The van der Waals surface area contributed by atoms with E-state index in [0.29, 0.717) is 21.8 Å². The highest BCUT2D eigenvalue weighted by molar-refractivity contribution is 7.17. The Balaban J connectivity index is 1.76. The number of hydrogen-bond donors (Lipinski definition) is 1. The molecule has 4 aromatic rings. The lowest BCUT2D eigenvalue weighted by molar-refractivity contribution is 0.0454. The first kappa shape index (κ1) is 13.6. The van der Waals surface area contributed by atoms with E-state index < -0.39 is 5.97 Å². The molecule has 0 saturated heterocycles. The largest absolute Gasteiger partial charge is 0.453 e. The zero-order chi connectivity index (χ0) is 16.0. The zero-order valence-corrected chi connectivity index (χ0v) is 12.7. The van der Waals surface area contributed by atoms with Crippen LogP contribution in [-0.2, 0) is 18.4 Å². The molecule has 4 heterocycles. The Morgan fingerprint density at radius 2 is 2.26 bits per heavy atom. The van der Waals surface area contributed by atoms with E-state index in [0.717, 1.165) is 0 Å². The van der Waals surface area contributed by atoms with Crippen molar-refractivity contribution in [3.63, 3.8) is 0 Å². The Labute approximate surface area is 132 Å². The zero-order valence-electron chi connectivity index (χ0n) is 11.9. The molecule has 0 fully saturated rings. The van der Waals surface area contributed by atoms with Crippen molar-refractivity contribution in [2.45, 2.75) is 6.61 Å². The van der Waals surface area contributed by atoms with Crippen LogP contribution in [0.25, 0.3) is 16.0 Å². The molecule has 23 heavy (non-hydrogen) atoms. The van der Waals surface area contributed by atoms with Gasteiger partial charge in [0.15, 0.2) is 12.4 Å². The number of esters is 1. The number of aromatic amines is 1. The Morgan fingerprint density at radius 3 is 3.04 bits per heavy atom. The van der Waals surface area contributed by atoms with Gasteiger partial charge in [-0.25, -0.2) is 4.79 Å². The number of nitrogens with one attached hydrogen (secondary N) is 1. The molecular weight excluding hydrogens is 320 g/mol. The first-order valence-corrected chi connectivity index (χ1v) is 7.51. The third-order valence-electron chi connectivity index (χ3n) is 3.45. The molecule has 0 amide bonds. The topological polar surface area (TPSA) is 107 Å². The van der Waals surface area contributed by atoms with Gasteiger partial charge in [0.25, 0.3) is 5.56 Å². The summed E-state index contributed by atoms with van der Waals surface area (Å²) in [6.07, 6.45) is 1.47. The molecule has 0 spiro atoms. The average molecular weight is 330 g/mol. The van der Waals surface area contributed by atoms with Crippen molar-refractivity contribution in [2.24, 2.45) is 7.05 Å². The predicted octanol–water partition coefficient (Wildman–Crippen LogP) is 0.723. The van der Waals surface area contributed by atoms with Gasteiger partial charge >= 0.3 is 5.97 Å². The summed E-state index contributed by atoms with van der Waals surface area (Å²) in [6, 6.07) is 3.34. The van der Waals surface area contributed by atoms with Gasteiger partial charge < -0.3 is 4.74 Å². The molecule has 0 aliphatic heterocycles. The van der Waals surface area contributed by atoms with Crippen LogP contribution < -0.4 is 5.56 Å². The fraction of sp³-hybridized carbons (Fsp3) is 0.154. The number of H-pyrrole nitrogens is 1. The van der Waals surface area contributed by atoms with E-state index in [1.54, 1.807) is 11.4 Å². The summed E-state index contributed by atoms with van der Waals surface area (Å²) in [5, 5.41) is 16.1. The number of rotatable bonds is 3. The van der Waals surface area contributed by atoms with Gasteiger partial charge in [-0.1, -0.05) is 0 Å². The smallest absolute Gasteiger partial charge is 0.356 e. The second-order valence-corrected chi connectivity index (χ2v) is 5.71. The van der Waals surface area contributed by atoms with Crippen LogP contribution in [0, 0.1) is 0 Å². The third-order valence-corrected chi connectivity index (χ3v) is 4.34. The number of aromatic nitrogens is 6. The number of nitrogens with zero attached hydrogens (tertiary/aromatic N) is 5. The van der Waals surface area contributed by atoms with E-state index in [1.165, 1.54) is 28.2 Å². The number of carbonyl (C=O) groups is 1. The minimum absolute atomic E-state index is 0.0673. The van der Waals surface area contributed by atoms with Gasteiger partial charge in [-0.15, -0.1) is 21.5 Å². The summed E-state index contributed by atoms with van der Waals surface area (Å²) in [5.74, 6) is 0.297. The molecule has 0 aliphatic rings. The highest BCUT2D eigenvalue weighted by atomic mass is 32.1. The monoisotopic (exact) mass is 330 g/mol. The summed E-state index contributed by atoms with van der Waals surface area (Å²) in [6.45, 7) is -0.0673. The van der Waals surface area contributed by atoms with Crippen LogP contribution in [0.5, 0.6) is 0 Å². The average Bonchev–Trinajstić information content (AvgIpc) is 3.29. The Bertz CT molecular complexity index is 1070. The number of carbonyl (C=O) groups excluding carboxylic acids is 1. The minimum Gasteiger partial charge on any atom is -0.453 e. The van der Waals surface area contributed by atoms with Crippen molar-refractivity contribution in [2.75, 3.05) is 0 Å². The number of fused-ring (bicyclic) bond motifs is 3. The first-order chi connectivity index (χ1) is 11.2. The van der Waals surface area contributed by atoms with Gasteiger partial charge in [-0.05, 0) is 17.5 Å². The fourth-order valence-corrected chi connectivity index (χ4v) is 3.17. The van der Waals surface area contributed by atoms with Crippen molar-refractivity contribution in [1.82, 2.24) is 29.4 Å². The van der Waals surface area contributed by atoms with E-state index in [-0.39, 0.29) is 17.9 Å².